The van der Waals surface area contributed by atoms with E-state index in [4.69, 9.17) is 27.9 Å². The molecule has 0 spiro atoms. The zero-order valence-electron chi connectivity index (χ0n) is 11.1. The largest absolute Gasteiger partial charge is 0.493 e. The Balaban J connectivity index is 1.88. The third-order valence-corrected chi connectivity index (χ3v) is 5.00. The topological polar surface area (TPSA) is 29.5 Å². The van der Waals surface area contributed by atoms with Gasteiger partial charge in [-0.05, 0) is 56.9 Å². The minimum absolute atomic E-state index is 0.455. The van der Waals surface area contributed by atoms with E-state index in [1.54, 1.807) is 6.07 Å². The van der Waals surface area contributed by atoms with Gasteiger partial charge in [0.25, 0.3) is 0 Å². The molecule has 0 amide bonds. The summed E-state index contributed by atoms with van der Waals surface area (Å²) in [5.74, 6) is 0.867. The molecular weight excluding hydrogens is 375 g/mol. The van der Waals surface area contributed by atoms with Crippen LogP contribution in [0.5, 0.6) is 5.75 Å². The summed E-state index contributed by atoms with van der Waals surface area (Å²) in [4.78, 5) is 0. The lowest BCUT2D eigenvalue weighted by Crippen LogP contribution is -2.03. The molecular formula is C16H13BrCl2O2. The number of benzene rings is 2. The number of ether oxygens (including phenoxy) is 1. The van der Waals surface area contributed by atoms with Crippen molar-refractivity contribution in [1.82, 2.24) is 0 Å². The number of halogens is 3. The van der Waals surface area contributed by atoms with Crippen molar-refractivity contribution in [2.45, 2.75) is 18.9 Å². The van der Waals surface area contributed by atoms with Gasteiger partial charge in [0.05, 0.1) is 17.7 Å². The van der Waals surface area contributed by atoms with Gasteiger partial charge in [-0.1, -0.05) is 29.3 Å². The fourth-order valence-corrected chi connectivity index (χ4v) is 3.32. The van der Waals surface area contributed by atoms with Crippen LogP contribution in [0.2, 0.25) is 10.0 Å². The Bertz CT molecular complexity index is 688. The molecule has 1 N–H and O–H groups in total. The number of fused-ring (bicyclic) bond motifs is 1. The molecule has 2 aromatic rings. The first-order valence-corrected chi connectivity index (χ1v) is 8.16. The van der Waals surface area contributed by atoms with Crippen LogP contribution in [0.1, 0.15) is 22.8 Å². The van der Waals surface area contributed by atoms with E-state index in [1.807, 2.05) is 24.3 Å². The van der Waals surface area contributed by atoms with Crippen molar-refractivity contribution in [1.29, 1.82) is 0 Å². The van der Waals surface area contributed by atoms with Crippen molar-refractivity contribution < 1.29 is 9.84 Å². The highest BCUT2D eigenvalue weighted by Crippen LogP contribution is 2.36. The van der Waals surface area contributed by atoms with Gasteiger partial charge < -0.3 is 9.84 Å². The Morgan fingerprint density at radius 3 is 2.81 bits per heavy atom. The van der Waals surface area contributed by atoms with E-state index in [0.717, 1.165) is 33.3 Å². The molecule has 0 radical (unpaired) electrons. The Hall–Kier alpha value is -0.740. The van der Waals surface area contributed by atoms with Gasteiger partial charge in [0.1, 0.15) is 5.75 Å². The van der Waals surface area contributed by atoms with Gasteiger partial charge >= 0.3 is 0 Å². The average Bonchev–Trinajstić information content (AvgIpc) is 2.90. The van der Waals surface area contributed by atoms with E-state index in [2.05, 4.69) is 15.9 Å². The van der Waals surface area contributed by atoms with Crippen molar-refractivity contribution in [3.8, 4) is 5.75 Å². The summed E-state index contributed by atoms with van der Waals surface area (Å²) in [7, 11) is 0. The first-order chi connectivity index (χ1) is 10.0. The molecule has 0 saturated heterocycles. The fourth-order valence-electron chi connectivity index (χ4n) is 2.54. The second-order valence-corrected chi connectivity index (χ2v) is 6.74. The summed E-state index contributed by atoms with van der Waals surface area (Å²) < 4.78 is 6.44. The SMILES string of the molecule is OC(Cc1cc(Cl)cc2c1OCC2)c1ccc(Cl)c(Br)c1. The second-order valence-electron chi connectivity index (χ2n) is 5.05. The van der Waals surface area contributed by atoms with E-state index >= 15 is 0 Å². The van der Waals surface area contributed by atoms with Crippen LogP contribution in [-0.2, 0) is 12.8 Å². The molecule has 1 aliphatic rings. The lowest BCUT2D eigenvalue weighted by atomic mass is 9.99. The van der Waals surface area contributed by atoms with Crippen LogP contribution in [0.15, 0.2) is 34.8 Å². The molecule has 21 heavy (non-hydrogen) atoms. The summed E-state index contributed by atoms with van der Waals surface area (Å²) in [5.41, 5.74) is 2.86. The van der Waals surface area contributed by atoms with Crippen LogP contribution >= 0.6 is 39.1 Å². The monoisotopic (exact) mass is 386 g/mol. The molecule has 3 rings (SSSR count). The third-order valence-electron chi connectivity index (χ3n) is 3.57. The van der Waals surface area contributed by atoms with Gasteiger partial charge in [0.15, 0.2) is 0 Å². The van der Waals surface area contributed by atoms with Gasteiger partial charge in [0.2, 0.25) is 0 Å². The first-order valence-electron chi connectivity index (χ1n) is 6.61. The lowest BCUT2D eigenvalue weighted by Gasteiger charge is -2.15. The maximum atomic E-state index is 10.4. The first kappa shape index (κ1) is 15.2. The molecule has 1 unspecified atom stereocenters. The quantitative estimate of drug-likeness (QED) is 0.805. The molecule has 0 bridgehead atoms. The van der Waals surface area contributed by atoms with E-state index in [0.29, 0.717) is 23.1 Å². The standard InChI is InChI=1S/C16H13BrCl2O2/c17-13-7-9(1-2-14(13)19)15(20)8-11-6-12(18)5-10-3-4-21-16(10)11/h1-2,5-7,15,20H,3-4,8H2. The molecule has 2 aromatic carbocycles. The van der Waals surface area contributed by atoms with E-state index < -0.39 is 6.10 Å². The molecule has 0 aliphatic carbocycles. The molecule has 2 nitrogen and oxygen atoms in total. The molecule has 5 heteroatoms. The highest BCUT2D eigenvalue weighted by atomic mass is 79.9. The molecule has 1 aliphatic heterocycles. The number of aliphatic hydroxyl groups excluding tert-OH is 1. The van der Waals surface area contributed by atoms with Gasteiger partial charge in [-0.3, -0.25) is 0 Å². The van der Waals surface area contributed by atoms with Gasteiger partial charge in [-0.25, -0.2) is 0 Å². The summed E-state index contributed by atoms with van der Waals surface area (Å²) in [6.45, 7) is 0.672. The zero-order valence-corrected chi connectivity index (χ0v) is 14.2. The molecule has 110 valence electrons. The maximum absolute atomic E-state index is 10.4. The molecule has 1 heterocycles. The summed E-state index contributed by atoms with van der Waals surface area (Å²) >= 11 is 15.5. The maximum Gasteiger partial charge on any atom is 0.126 e. The number of rotatable bonds is 3. The average molecular weight is 388 g/mol. The van der Waals surface area contributed by atoms with Crippen LogP contribution < -0.4 is 4.74 Å². The third kappa shape index (κ3) is 3.21. The lowest BCUT2D eigenvalue weighted by molar-refractivity contribution is 0.177. The Morgan fingerprint density at radius 1 is 1.24 bits per heavy atom. The Labute approximate surface area is 141 Å². The Morgan fingerprint density at radius 2 is 2.05 bits per heavy atom. The molecule has 0 fully saturated rings. The summed E-state index contributed by atoms with van der Waals surface area (Å²) in [5, 5.41) is 11.8. The summed E-state index contributed by atoms with van der Waals surface area (Å²) in [6.07, 6.45) is 0.688. The van der Waals surface area contributed by atoms with Crippen molar-refractivity contribution in [2.75, 3.05) is 6.61 Å². The predicted octanol–water partition coefficient (Wildman–Crippen LogP) is 4.97. The van der Waals surface area contributed by atoms with E-state index in [9.17, 15) is 5.11 Å². The van der Waals surface area contributed by atoms with Crippen LogP contribution in [0.25, 0.3) is 0 Å². The second kappa shape index (κ2) is 6.17. The normalized spacial score (nSPS) is 14.7. The van der Waals surface area contributed by atoms with Gasteiger partial charge in [-0.2, -0.15) is 0 Å². The number of hydrogen-bond acceptors (Lipinski definition) is 2. The predicted molar refractivity (Wildman–Crippen MR) is 88.5 cm³/mol. The zero-order chi connectivity index (χ0) is 15.0. The summed E-state index contributed by atoms with van der Waals surface area (Å²) in [6, 6.07) is 9.21. The van der Waals surface area contributed by atoms with Gasteiger partial charge in [-0.15, -0.1) is 0 Å². The number of hydrogen-bond donors (Lipinski definition) is 1. The fraction of sp³-hybridized carbons (Fsp3) is 0.250. The van der Waals surface area contributed by atoms with Crippen molar-refractivity contribution >= 4 is 39.1 Å². The molecule has 0 saturated carbocycles. The van der Waals surface area contributed by atoms with Crippen LogP contribution in [-0.4, -0.2) is 11.7 Å². The van der Waals surface area contributed by atoms with Gasteiger partial charge in [0, 0.05) is 22.3 Å². The van der Waals surface area contributed by atoms with Crippen molar-refractivity contribution in [3.05, 3.63) is 61.5 Å². The van der Waals surface area contributed by atoms with Crippen molar-refractivity contribution in [2.24, 2.45) is 0 Å². The van der Waals surface area contributed by atoms with Crippen LogP contribution in [0.3, 0.4) is 0 Å². The van der Waals surface area contributed by atoms with Crippen molar-refractivity contribution in [3.63, 3.8) is 0 Å². The highest BCUT2D eigenvalue weighted by molar-refractivity contribution is 9.10. The molecule has 1 atom stereocenters. The van der Waals surface area contributed by atoms with Crippen LogP contribution in [0, 0.1) is 0 Å². The minimum Gasteiger partial charge on any atom is -0.493 e. The smallest absolute Gasteiger partial charge is 0.126 e. The minimum atomic E-state index is -0.634. The number of aliphatic hydroxyl groups is 1. The molecule has 0 aromatic heterocycles. The van der Waals surface area contributed by atoms with Crippen LogP contribution in [0.4, 0.5) is 0 Å². The Kier molecular flexibility index (Phi) is 4.46. The van der Waals surface area contributed by atoms with E-state index in [1.165, 1.54) is 0 Å². The highest BCUT2D eigenvalue weighted by Gasteiger charge is 2.20. The van der Waals surface area contributed by atoms with E-state index in [-0.39, 0.29) is 0 Å².